The van der Waals surface area contributed by atoms with Crippen molar-refractivity contribution < 1.29 is 23.0 Å². The number of nitrogens with two attached hydrogens (primary N) is 1. The Morgan fingerprint density at radius 2 is 2.00 bits per heavy atom. The molecule has 0 aliphatic heterocycles. The zero-order chi connectivity index (χ0) is 17.6. The van der Waals surface area contributed by atoms with Crippen molar-refractivity contribution in [2.45, 2.75) is 32.9 Å². The van der Waals surface area contributed by atoms with Gasteiger partial charge in [-0.2, -0.15) is 8.78 Å². The molecule has 1 atom stereocenters. The van der Waals surface area contributed by atoms with Crippen molar-refractivity contribution in [3.63, 3.8) is 0 Å². The second-order valence-electron chi connectivity index (χ2n) is 5.64. The van der Waals surface area contributed by atoms with Gasteiger partial charge in [-0.3, -0.25) is 4.79 Å². The normalized spacial score (nSPS) is 12.4. The highest BCUT2D eigenvalue weighted by Gasteiger charge is 2.23. The lowest BCUT2D eigenvalue weighted by Gasteiger charge is -2.23. The SMILES string of the molecule is COc1cccc(C(=O)N(C)CCC(N)C(C)C)c1OC(F)F. The summed E-state index contributed by atoms with van der Waals surface area (Å²) in [7, 11) is 2.92. The minimum Gasteiger partial charge on any atom is -0.493 e. The van der Waals surface area contributed by atoms with E-state index in [1.54, 1.807) is 13.1 Å². The second-order valence-corrected chi connectivity index (χ2v) is 5.64. The minimum absolute atomic E-state index is 0.0327. The molecule has 0 heterocycles. The van der Waals surface area contributed by atoms with Crippen LogP contribution in [0.5, 0.6) is 11.5 Å². The first-order chi connectivity index (χ1) is 10.8. The lowest BCUT2D eigenvalue weighted by Crippen LogP contribution is -2.34. The Hall–Kier alpha value is -1.89. The molecule has 1 aromatic rings. The summed E-state index contributed by atoms with van der Waals surface area (Å²) in [6, 6.07) is 4.41. The molecule has 7 heteroatoms. The molecule has 0 radical (unpaired) electrons. The van der Waals surface area contributed by atoms with E-state index in [9.17, 15) is 13.6 Å². The van der Waals surface area contributed by atoms with E-state index >= 15 is 0 Å². The fourth-order valence-corrected chi connectivity index (χ4v) is 2.04. The molecule has 0 aliphatic carbocycles. The molecule has 0 spiro atoms. The van der Waals surface area contributed by atoms with E-state index in [1.807, 2.05) is 13.8 Å². The first-order valence-electron chi connectivity index (χ1n) is 7.40. The highest BCUT2D eigenvalue weighted by Crippen LogP contribution is 2.33. The number of ether oxygens (including phenoxy) is 2. The fraction of sp³-hybridized carbons (Fsp3) is 0.562. The largest absolute Gasteiger partial charge is 0.493 e. The standard InChI is InChI=1S/C16H24F2N2O3/c1-10(2)12(19)8-9-20(3)15(21)11-6-5-7-13(22-4)14(11)23-16(17)18/h5-7,10,12,16H,8-9,19H2,1-4H3. The average Bonchev–Trinajstić information content (AvgIpc) is 2.50. The highest BCUT2D eigenvalue weighted by molar-refractivity contribution is 5.97. The van der Waals surface area contributed by atoms with Crippen molar-refractivity contribution in [2.24, 2.45) is 11.7 Å². The first-order valence-corrected chi connectivity index (χ1v) is 7.40. The number of carbonyl (C=O) groups excluding carboxylic acids is 1. The number of rotatable bonds is 8. The summed E-state index contributed by atoms with van der Waals surface area (Å²) in [6.07, 6.45) is 0.620. The van der Waals surface area contributed by atoms with Crippen molar-refractivity contribution in [2.75, 3.05) is 20.7 Å². The van der Waals surface area contributed by atoms with Crippen molar-refractivity contribution >= 4 is 5.91 Å². The van der Waals surface area contributed by atoms with Crippen LogP contribution in [0.3, 0.4) is 0 Å². The molecular weight excluding hydrogens is 306 g/mol. The Bertz CT molecular complexity index is 524. The lowest BCUT2D eigenvalue weighted by molar-refractivity contribution is -0.0516. The van der Waals surface area contributed by atoms with E-state index in [2.05, 4.69) is 4.74 Å². The van der Waals surface area contributed by atoms with Gasteiger partial charge in [0.05, 0.1) is 12.7 Å². The van der Waals surface area contributed by atoms with E-state index in [1.165, 1.54) is 24.1 Å². The second kappa shape index (κ2) is 8.67. The molecule has 0 saturated carbocycles. The first kappa shape index (κ1) is 19.2. The molecule has 1 rings (SSSR count). The van der Waals surface area contributed by atoms with Gasteiger partial charge in [0.15, 0.2) is 11.5 Å². The highest BCUT2D eigenvalue weighted by atomic mass is 19.3. The summed E-state index contributed by atoms with van der Waals surface area (Å²) in [5, 5.41) is 0. The van der Waals surface area contributed by atoms with Gasteiger partial charge in [-0.25, -0.2) is 0 Å². The van der Waals surface area contributed by atoms with Crippen LogP contribution in [0.4, 0.5) is 8.78 Å². The van der Waals surface area contributed by atoms with Crippen molar-refractivity contribution in [3.8, 4) is 11.5 Å². The van der Waals surface area contributed by atoms with Crippen LogP contribution in [0.25, 0.3) is 0 Å². The summed E-state index contributed by atoms with van der Waals surface area (Å²) >= 11 is 0. The quantitative estimate of drug-likeness (QED) is 0.796. The molecule has 0 saturated heterocycles. The number of hydrogen-bond acceptors (Lipinski definition) is 4. The Morgan fingerprint density at radius 3 is 2.52 bits per heavy atom. The van der Waals surface area contributed by atoms with Gasteiger partial charge in [0.25, 0.3) is 5.91 Å². The van der Waals surface area contributed by atoms with Crippen molar-refractivity contribution in [1.82, 2.24) is 4.90 Å². The van der Waals surface area contributed by atoms with Gasteiger partial charge in [0, 0.05) is 19.6 Å². The summed E-state index contributed by atoms with van der Waals surface area (Å²) in [6.45, 7) is 1.38. The fourth-order valence-electron chi connectivity index (χ4n) is 2.04. The van der Waals surface area contributed by atoms with Gasteiger partial charge in [0.1, 0.15) is 0 Å². The van der Waals surface area contributed by atoms with Crippen LogP contribution < -0.4 is 15.2 Å². The molecule has 2 N–H and O–H groups in total. The van der Waals surface area contributed by atoms with Crippen LogP contribution >= 0.6 is 0 Å². The third-order valence-electron chi connectivity index (χ3n) is 3.64. The Morgan fingerprint density at radius 1 is 1.35 bits per heavy atom. The predicted octanol–water partition coefficient (Wildman–Crippen LogP) is 2.74. The van der Waals surface area contributed by atoms with Crippen LogP contribution in [0.2, 0.25) is 0 Å². The molecule has 0 aliphatic rings. The average molecular weight is 330 g/mol. The monoisotopic (exact) mass is 330 g/mol. The zero-order valence-electron chi connectivity index (χ0n) is 13.9. The van der Waals surface area contributed by atoms with Gasteiger partial charge in [-0.1, -0.05) is 19.9 Å². The third-order valence-corrected chi connectivity index (χ3v) is 3.64. The Labute approximate surface area is 135 Å². The molecule has 0 fully saturated rings. The molecule has 130 valence electrons. The third kappa shape index (κ3) is 5.35. The maximum atomic E-state index is 12.6. The van der Waals surface area contributed by atoms with Gasteiger partial charge < -0.3 is 20.1 Å². The zero-order valence-corrected chi connectivity index (χ0v) is 13.9. The lowest BCUT2D eigenvalue weighted by atomic mass is 10.0. The molecule has 1 amide bonds. The molecule has 0 bridgehead atoms. The number of methoxy groups -OCH3 is 1. The Balaban J connectivity index is 2.93. The minimum atomic E-state index is -3.04. The maximum Gasteiger partial charge on any atom is 0.387 e. The predicted molar refractivity (Wildman–Crippen MR) is 84.0 cm³/mol. The number of nitrogens with zero attached hydrogens (tertiary/aromatic N) is 1. The number of para-hydroxylation sites is 1. The number of amides is 1. The Kier molecular flexibility index (Phi) is 7.22. The number of halogens is 2. The molecule has 1 aromatic carbocycles. The molecular formula is C16H24F2N2O3. The smallest absolute Gasteiger partial charge is 0.387 e. The van der Waals surface area contributed by atoms with Crippen LogP contribution in [-0.2, 0) is 0 Å². The van der Waals surface area contributed by atoms with E-state index in [4.69, 9.17) is 10.5 Å². The summed E-state index contributed by atoms with van der Waals surface area (Å²) < 4.78 is 34.7. The van der Waals surface area contributed by atoms with E-state index in [0.29, 0.717) is 18.9 Å². The summed E-state index contributed by atoms with van der Waals surface area (Å²) in [5.41, 5.74) is 6.00. The van der Waals surface area contributed by atoms with Crippen LogP contribution in [-0.4, -0.2) is 44.2 Å². The van der Waals surface area contributed by atoms with Crippen LogP contribution in [0.1, 0.15) is 30.6 Å². The van der Waals surface area contributed by atoms with Crippen molar-refractivity contribution in [3.05, 3.63) is 23.8 Å². The molecule has 1 unspecified atom stereocenters. The van der Waals surface area contributed by atoms with Gasteiger partial charge in [0.2, 0.25) is 0 Å². The van der Waals surface area contributed by atoms with Crippen LogP contribution in [0.15, 0.2) is 18.2 Å². The topological polar surface area (TPSA) is 64.8 Å². The van der Waals surface area contributed by atoms with Gasteiger partial charge >= 0.3 is 6.61 Å². The molecule has 0 aromatic heterocycles. The summed E-state index contributed by atoms with van der Waals surface area (Å²) in [4.78, 5) is 13.9. The van der Waals surface area contributed by atoms with Crippen LogP contribution in [0, 0.1) is 5.92 Å². The number of hydrogen-bond donors (Lipinski definition) is 1. The maximum absolute atomic E-state index is 12.6. The molecule has 5 nitrogen and oxygen atoms in total. The number of carbonyl (C=O) groups is 1. The van der Waals surface area contributed by atoms with E-state index in [0.717, 1.165) is 0 Å². The summed E-state index contributed by atoms with van der Waals surface area (Å²) in [5.74, 6) is -0.290. The van der Waals surface area contributed by atoms with Crippen molar-refractivity contribution in [1.29, 1.82) is 0 Å². The van der Waals surface area contributed by atoms with E-state index in [-0.39, 0.29) is 23.1 Å². The number of alkyl halides is 2. The van der Waals surface area contributed by atoms with Gasteiger partial charge in [-0.15, -0.1) is 0 Å². The molecule has 23 heavy (non-hydrogen) atoms. The number of benzene rings is 1. The van der Waals surface area contributed by atoms with Gasteiger partial charge in [-0.05, 0) is 24.5 Å². The van der Waals surface area contributed by atoms with E-state index < -0.39 is 12.5 Å².